The molecule has 0 atom stereocenters. The maximum Gasteiger partial charge on any atom is 0.273 e. The lowest BCUT2D eigenvalue weighted by atomic mass is 10.1. The Kier molecular flexibility index (Phi) is 10.3. The molecule has 0 fully saturated rings. The molecule has 0 unspecified atom stereocenters. The van der Waals surface area contributed by atoms with Crippen molar-refractivity contribution in [3.63, 3.8) is 0 Å². The van der Waals surface area contributed by atoms with Crippen molar-refractivity contribution in [2.24, 2.45) is 10.3 Å². The fraction of sp³-hybridized carbons (Fsp3) is 0.273. The average Bonchev–Trinajstić information content (AvgIpc) is 2.80. The van der Waals surface area contributed by atoms with Gasteiger partial charge in [-0.1, -0.05) is 71.0 Å². The quantitative estimate of drug-likeness (QED) is 0.151. The van der Waals surface area contributed by atoms with Crippen molar-refractivity contribution >= 4 is 23.2 Å². The summed E-state index contributed by atoms with van der Waals surface area (Å²) < 4.78 is 0. The molecule has 0 bridgehead atoms. The second kappa shape index (κ2) is 13.5. The number of nitrogens with one attached hydrogen (secondary N) is 3. The molecule has 0 heterocycles. The molecule has 2 aromatic carbocycles. The molecule has 9 nitrogen and oxygen atoms in total. The summed E-state index contributed by atoms with van der Waals surface area (Å²) in [6.07, 6.45) is 1.39. The molecule has 2 aromatic rings. The van der Waals surface area contributed by atoms with Crippen LogP contribution in [0.3, 0.4) is 0 Å². The monoisotopic (exact) mass is 425 g/mol. The maximum absolute atomic E-state index is 12.1. The predicted molar refractivity (Wildman–Crippen MR) is 118 cm³/mol. The predicted octanol–water partition coefficient (Wildman–Crippen LogP) is 1.35. The van der Waals surface area contributed by atoms with Crippen molar-refractivity contribution in [2.45, 2.75) is 12.8 Å². The third kappa shape index (κ3) is 7.90. The Hall–Kier alpha value is -3.72. The van der Waals surface area contributed by atoms with Crippen LogP contribution in [0.1, 0.15) is 24.0 Å². The van der Waals surface area contributed by atoms with Crippen LogP contribution in [0.4, 0.5) is 0 Å². The zero-order valence-electron chi connectivity index (χ0n) is 17.1. The molecule has 0 saturated heterocycles. The Morgan fingerprint density at radius 2 is 1.03 bits per heavy atom. The van der Waals surface area contributed by atoms with E-state index in [-0.39, 0.29) is 11.4 Å². The van der Waals surface area contributed by atoms with E-state index in [1.807, 2.05) is 12.1 Å². The van der Waals surface area contributed by atoms with Crippen molar-refractivity contribution in [1.82, 2.24) is 16.0 Å². The second-order valence-corrected chi connectivity index (χ2v) is 6.60. The van der Waals surface area contributed by atoms with Gasteiger partial charge in [-0.3, -0.25) is 9.59 Å². The summed E-state index contributed by atoms with van der Waals surface area (Å²) in [4.78, 5) is 24.2. The number of carbonyl (C=O) groups excluding carboxylic acids is 2. The SMILES string of the molecule is O=C(NCCCNCCCNC(=O)C(=NO)c1ccccc1)C(=NO)c1ccccc1. The number of amides is 2. The van der Waals surface area contributed by atoms with Crippen LogP contribution in [0.5, 0.6) is 0 Å². The van der Waals surface area contributed by atoms with E-state index < -0.39 is 11.8 Å². The lowest BCUT2D eigenvalue weighted by Gasteiger charge is -2.09. The first-order valence-electron chi connectivity index (χ1n) is 9.99. The average molecular weight is 425 g/mol. The van der Waals surface area contributed by atoms with E-state index in [2.05, 4.69) is 26.3 Å². The van der Waals surface area contributed by atoms with Crippen molar-refractivity contribution in [1.29, 1.82) is 0 Å². The van der Waals surface area contributed by atoms with Crippen LogP contribution in [-0.2, 0) is 9.59 Å². The number of rotatable bonds is 12. The number of hydrogen-bond acceptors (Lipinski definition) is 7. The van der Waals surface area contributed by atoms with Crippen molar-refractivity contribution in [3.05, 3.63) is 71.8 Å². The Morgan fingerprint density at radius 1 is 0.645 bits per heavy atom. The number of nitrogens with zero attached hydrogens (tertiary/aromatic N) is 2. The van der Waals surface area contributed by atoms with Gasteiger partial charge >= 0.3 is 0 Å². The van der Waals surface area contributed by atoms with E-state index in [1.54, 1.807) is 48.5 Å². The van der Waals surface area contributed by atoms with Crippen LogP contribution >= 0.6 is 0 Å². The summed E-state index contributed by atoms with van der Waals surface area (Å²) in [6, 6.07) is 17.5. The fourth-order valence-corrected chi connectivity index (χ4v) is 2.78. The van der Waals surface area contributed by atoms with E-state index >= 15 is 0 Å². The molecule has 0 aliphatic carbocycles. The zero-order valence-corrected chi connectivity index (χ0v) is 17.1. The molecule has 2 amide bonds. The summed E-state index contributed by atoms with van der Waals surface area (Å²) in [5.41, 5.74) is 1.05. The summed E-state index contributed by atoms with van der Waals surface area (Å²) in [6.45, 7) is 2.22. The van der Waals surface area contributed by atoms with E-state index in [1.165, 1.54) is 0 Å². The number of benzene rings is 2. The van der Waals surface area contributed by atoms with Crippen LogP contribution in [0, 0.1) is 0 Å². The molecule has 164 valence electrons. The fourth-order valence-electron chi connectivity index (χ4n) is 2.78. The van der Waals surface area contributed by atoms with Gasteiger partial charge in [0, 0.05) is 24.2 Å². The third-order valence-corrected chi connectivity index (χ3v) is 4.36. The lowest BCUT2D eigenvalue weighted by molar-refractivity contribution is -0.115. The van der Waals surface area contributed by atoms with Gasteiger partial charge in [-0.05, 0) is 25.9 Å². The van der Waals surface area contributed by atoms with Gasteiger partial charge in [-0.25, -0.2) is 0 Å². The molecular weight excluding hydrogens is 398 g/mol. The zero-order chi connectivity index (χ0) is 22.3. The van der Waals surface area contributed by atoms with Gasteiger partial charge in [-0.2, -0.15) is 0 Å². The first-order chi connectivity index (χ1) is 15.2. The van der Waals surface area contributed by atoms with E-state index in [0.717, 1.165) is 0 Å². The molecule has 0 aromatic heterocycles. The van der Waals surface area contributed by atoms with Crippen LogP contribution in [0.2, 0.25) is 0 Å². The lowest BCUT2D eigenvalue weighted by Crippen LogP contribution is -2.35. The van der Waals surface area contributed by atoms with Crippen molar-refractivity contribution in [2.75, 3.05) is 26.2 Å². The highest BCUT2D eigenvalue weighted by Gasteiger charge is 2.14. The highest BCUT2D eigenvalue weighted by Crippen LogP contribution is 2.02. The summed E-state index contributed by atoms with van der Waals surface area (Å²) in [5.74, 6) is -0.868. The maximum atomic E-state index is 12.1. The topological polar surface area (TPSA) is 135 Å². The van der Waals surface area contributed by atoms with Crippen LogP contribution in [-0.4, -0.2) is 59.8 Å². The molecule has 0 aliphatic rings. The summed E-state index contributed by atoms with van der Waals surface area (Å²) in [7, 11) is 0. The molecule has 0 spiro atoms. The molecule has 0 aliphatic heterocycles. The van der Waals surface area contributed by atoms with Gasteiger partial charge in [0.25, 0.3) is 11.8 Å². The van der Waals surface area contributed by atoms with Gasteiger partial charge in [0.1, 0.15) is 0 Å². The van der Waals surface area contributed by atoms with E-state index in [9.17, 15) is 9.59 Å². The summed E-state index contributed by atoms with van der Waals surface area (Å²) in [5, 5.41) is 33.0. The highest BCUT2D eigenvalue weighted by molar-refractivity contribution is 6.45. The Labute approximate surface area is 180 Å². The Morgan fingerprint density at radius 3 is 1.39 bits per heavy atom. The van der Waals surface area contributed by atoms with E-state index in [0.29, 0.717) is 50.1 Å². The van der Waals surface area contributed by atoms with Crippen LogP contribution in [0.15, 0.2) is 71.0 Å². The van der Waals surface area contributed by atoms with Gasteiger partial charge in [0.15, 0.2) is 11.4 Å². The summed E-state index contributed by atoms with van der Waals surface area (Å²) >= 11 is 0. The highest BCUT2D eigenvalue weighted by atomic mass is 16.4. The molecule has 0 radical (unpaired) electrons. The number of oxime groups is 2. The van der Waals surface area contributed by atoms with Crippen molar-refractivity contribution < 1.29 is 20.0 Å². The van der Waals surface area contributed by atoms with E-state index in [4.69, 9.17) is 10.4 Å². The third-order valence-electron chi connectivity index (χ3n) is 4.36. The van der Waals surface area contributed by atoms with Crippen LogP contribution in [0.25, 0.3) is 0 Å². The molecular formula is C22H27N5O4. The Balaban J connectivity index is 1.56. The van der Waals surface area contributed by atoms with Crippen molar-refractivity contribution in [3.8, 4) is 0 Å². The van der Waals surface area contributed by atoms with Gasteiger partial charge in [0.05, 0.1) is 0 Å². The number of carbonyl (C=O) groups is 2. The molecule has 2 rings (SSSR count). The first kappa shape index (κ1) is 23.6. The van der Waals surface area contributed by atoms with Gasteiger partial charge in [-0.15, -0.1) is 0 Å². The number of hydrogen-bond donors (Lipinski definition) is 5. The molecule has 5 N–H and O–H groups in total. The Bertz CT molecular complexity index is 812. The first-order valence-corrected chi connectivity index (χ1v) is 9.99. The van der Waals surface area contributed by atoms with Gasteiger partial charge in [0.2, 0.25) is 0 Å². The minimum atomic E-state index is -0.434. The van der Waals surface area contributed by atoms with Gasteiger partial charge < -0.3 is 26.4 Å². The normalized spacial score (nSPS) is 11.7. The standard InChI is InChI=1S/C22H27N5O4/c28-21(19(26-30)17-9-3-1-4-10-17)24-15-7-13-23-14-8-16-25-22(29)20(27-31)18-11-5-2-6-12-18/h1-6,9-12,23,30-31H,7-8,13-16H2,(H,24,28)(H,25,29). The second-order valence-electron chi connectivity index (χ2n) is 6.60. The smallest absolute Gasteiger partial charge is 0.273 e. The molecule has 0 saturated carbocycles. The van der Waals surface area contributed by atoms with Crippen LogP contribution < -0.4 is 16.0 Å². The largest absolute Gasteiger partial charge is 0.410 e. The minimum absolute atomic E-state index is 0.0226. The minimum Gasteiger partial charge on any atom is -0.410 e. The molecule has 9 heteroatoms. The molecule has 31 heavy (non-hydrogen) atoms.